The molecule has 0 aliphatic carbocycles. The van der Waals surface area contributed by atoms with Crippen molar-refractivity contribution in [3.05, 3.63) is 0 Å². The third-order valence-corrected chi connectivity index (χ3v) is 2.30. The van der Waals surface area contributed by atoms with Crippen molar-refractivity contribution in [1.29, 1.82) is 0 Å². The molecule has 1 N–H and O–H groups in total. The first-order valence-corrected chi connectivity index (χ1v) is 4.66. The number of nitrogens with zero attached hydrogens (tertiary/aromatic N) is 1. The highest BCUT2D eigenvalue weighted by Gasteiger charge is 2.17. The molecule has 1 atom stereocenters. The lowest BCUT2D eigenvalue weighted by molar-refractivity contribution is -0.142. The zero-order chi connectivity index (χ0) is 9.68. The number of carboxylic acid groups (broad SMARTS) is 1. The summed E-state index contributed by atoms with van der Waals surface area (Å²) in [5.74, 6) is -0.373. The summed E-state index contributed by atoms with van der Waals surface area (Å²) >= 11 is 0. The summed E-state index contributed by atoms with van der Waals surface area (Å²) in [5.41, 5.74) is 0. The van der Waals surface area contributed by atoms with Crippen LogP contribution in [0.2, 0.25) is 0 Å². The maximum Gasteiger partial charge on any atom is 0.329 e. The first kappa shape index (κ1) is 10.5. The maximum atomic E-state index is 10.2. The van der Waals surface area contributed by atoms with Gasteiger partial charge in [0.1, 0.15) is 6.61 Å². The van der Waals surface area contributed by atoms with E-state index < -0.39 is 5.97 Å². The van der Waals surface area contributed by atoms with Gasteiger partial charge in [-0.05, 0) is 32.4 Å². The van der Waals surface area contributed by atoms with Gasteiger partial charge < -0.3 is 14.7 Å². The minimum absolute atomic E-state index is 0.166. The van der Waals surface area contributed by atoms with Gasteiger partial charge in [0.15, 0.2) is 0 Å². The van der Waals surface area contributed by atoms with E-state index in [4.69, 9.17) is 9.84 Å². The summed E-state index contributed by atoms with van der Waals surface area (Å²) in [6.45, 7) is 2.59. The standard InChI is InChI=1S/C9H17NO3/c1-10-4-2-3-8(5-10)6-13-7-9(11)12/h8H,2-7H2,1H3,(H,11,12). The van der Waals surface area contributed by atoms with Gasteiger partial charge in [-0.25, -0.2) is 4.79 Å². The highest BCUT2D eigenvalue weighted by Crippen LogP contribution is 2.14. The summed E-state index contributed by atoms with van der Waals surface area (Å²) in [7, 11) is 2.09. The third-order valence-electron chi connectivity index (χ3n) is 2.30. The minimum atomic E-state index is -0.885. The molecular weight excluding hydrogens is 170 g/mol. The Morgan fingerprint density at radius 3 is 3.08 bits per heavy atom. The monoisotopic (exact) mass is 187 g/mol. The molecule has 4 nitrogen and oxygen atoms in total. The van der Waals surface area contributed by atoms with Crippen LogP contribution in [0, 0.1) is 5.92 Å². The quantitative estimate of drug-likeness (QED) is 0.693. The molecule has 76 valence electrons. The molecule has 0 aromatic carbocycles. The van der Waals surface area contributed by atoms with Crippen molar-refractivity contribution in [1.82, 2.24) is 4.90 Å². The normalized spacial score (nSPS) is 24.5. The van der Waals surface area contributed by atoms with Crippen LogP contribution in [-0.2, 0) is 9.53 Å². The molecule has 0 saturated carbocycles. The van der Waals surface area contributed by atoms with Gasteiger partial charge in [-0.15, -0.1) is 0 Å². The Hall–Kier alpha value is -0.610. The van der Waals surface area contributed by atoms with Crippen molar-refractivity contribution in [3.8, 4) is 0 Å². The summed E-state index contributed by atoms with van der Waals surface area (Å²) in [5, 5.41) is 8.36. The third kappa shape index (κ3) is 4.24. The molecule has 1 aliphatic rings. The largest absolute Gasteiger partial charge is 0.480 e. The Labute approximate surface area is 78.5 Å². The van der Waals surface area contributed by atoms with Gasteiger partial charge in [0, 0.05) is 6.54 Å². The van der Waals surface area contributed by atoms with Gasteiger partial charge in [-0.3, -0.25) is 0 Å². The number of ether oxygens (including phenoxy) is 1. The van der Waals surface area contributed by atoms with Crippen LogP contribution in [0.5, 0.6) is 0 Å². The van der Waals surface area contributed by atoms with Crippen LogP contribution in [-0.4, -0.2) is 49.3 Å². The predicted octanol–water partition coefficient (Wildman–Crippen LogP) is 0.429. The van der Waals surface area contributed by atoms with Crippen LogP contribution >= 0.6 is 0 Å². The van der Waals surface area contributed by atoms with Gasteiger partial charge in [-0.1, -0.05) is 0 Å². The lowest BCUT2D eigenvalue weighted by Gasteiger charge is -2.29. The van der Waals surface area contributed by atoms with Crippen LogP contribution in [0.3, 0.4) is 0 Å². The van der Waals surface area contributed by atoms with E-state index in [1.807, 2.05) is 0 Å². The van der Waals surface area contributed by atoms with E-state index in [1.165, 1.54) is 6.42 Å². The van der Waals surface area contributed by atoms with Crippen molar-refractivity contribution in [2.45, 2.75) is 12.8 Å². The summed E-state index contributed by atoms with van der Waals surface area (Å²) in [4.78, 5) is 12.4. The Kier molecular flexibility index (Phi) is 4.18. The predicted molar refractivity (Wildman–Crippen MR) is 48.7 cm³/mol. The molecule has 0 aromatic rings. The van der Waals surface area contributed by atoms with E-state index in [0.717, 1.165) is 19.5 Å². The molecule has 1 fully saturated rings. The second kappa shape index (κ2) is 5.19. The number of hydrogen-bond donors (Lipinski definition) is 1. The first-order valence-electron chi connectivity index (χ1n) is 4.66. The number of carbonyl (C=O) groups is 1. The van der Waals surface area contributed by atoms with Crippen molar-refractivity contribution in [2.24, 2.45) is 5.92 Å². The Balaban J connectivity index is 2.10. The molecule has 4 heteroatoms. The molecule has 1 aliphatic heterocycles. The van der Waals surface area contributed by atoms with Crippen molar-refractivity contribution in [3.63, 3.8) is 0 Å². The van der Waals surface area contributed by atoms with E-state index in [-0.39, 0.29) is 6.61 Å². The number of rotatable bonds is 4. The molecule has 1 unspecified atom stereocenters. The number of piperidine rings is 1. The Morgan fingerprint density at radius 2 is 2.46 bits per heavy atom. The lowest BCUT2D eigenvalue weighted by atomic mass is 10.00. The fourth-order valence-corrected chi connectivity index (χ4v) is 1.72. The maximum absolute atomic E-state index is 10.2. The van der Waals surface area contributed by atoms with Crippen LogP contribution in [0.4, 0.5) is 0 Å². The number of carboxylic acids is 1. The second-order valence-electron chi connectivity index (χ2n) is 3.68. The molecular formula is C9H17NO3. The van der Waals surface area contributed by atoms with Crippen LogP contribution < -0.4 is 0 Å². The summed E-state index contributed by atoms with van der Waals surface area (Å²) < 4.78 is 5.06. The number of hydrogen-bond acceptors (Lipinski definition) is 3. The fourth-order valence-electron chi connectivity index (χ4n) is 1.72. The molecule has 0 spiro atoms. The average molecular weight is 187 g/mol. The molecule has 1 saturated heterocycles. The van der Waals surface area contributed by atoms with Crippen LogP contribution in [0.1, 0.15) is 12.8 Å². The minimum Gasteiger partial charge on any atom is -0.480 e. The zero-order valence-electron chi connectivity index (χ0n) is 8.03. The highest BCUT2D eigenvalue weighted by molar-refractivity contribution is 5.67. The van der Waals surface area contributed by atoms with Gasteiger partial charge in [0.2, 0.25) is 0 Å². The highest BCUT2D eigenvalue weighted by atomic mass is 16.5. The van der Waals surface area contributed by atoms with Crippen molar-refractivity contribution >= 4 is 5.97 Å². The topological polar surface area (TPSA) is 49.8 Å². The lowest BCUT2D eigenvalue weighted by Crippen LogP contribution is -2.34. The molecule has 0 bridgehead atoms. The van der Waals surface area contributed by atoms with Crippen LogP contribution in [0.15, 0.2) is 0 Å². The number of likely N-dealkylation sites (tertiary alicyclic amines) is 1. The SMILES string of the molecule is CN1CCCC(COCC(=O)O)C1. The summed E-state index contributed by atoms with van der Waals surface area (Å²) in [6.07, 6.45) is 2.35. The molecule has 13 heavy (non-hydrogen) atoms. The Morgan fingerprint density at radius 1 is 1.69 bits per heavy atom. The van der Waals surface area contributed by atoms with Crippen molar-refractivity contribution < 1.29 is 14.6 Å². The van der Waals surface area contributed by atoms with Gasteiger partial charge in [0.25, 0.3) is 0 Å². The van der Waals surface area contributed by atoms with Crippen LogP contribution in [0.25, 0.3) is 0 Å². The Bertz CT molecular complexity index is 172. The van der Waals surface area contributed by atoms with Crippen molar-refractivity contribution in [2.75, 3.05) is 33.4 Å². The first-order chi connectivity index (χ1) is 6.18. The van der Waals surface area contributed by atoms with E-state index >= 15 is 0 Å². The zero-order valence-corrected chi connectivity index (χ0v) is 8.03. The van der Waals surface area contributed by atoms with E-state index in [2.05, 4.69) is 11.9 Å². The molecule has 0 aromatic heterocycles. The molecule has 0 radical (unpaired) electrons. The second-order valence-corrected chi connectivity index (χ2v) is 3.68. The smallest absolute Gasteiger partial charge is 0.329 e. The van der Waals surface area contributed by atoms with E-state index in [1.54, 1.807) is 0 Å². The van der Waals surface area contributed by atoms with E-state index in [9.17, 15) is 4.79 Å². The van der Waals surface area contributed by atoms with Gasteiger partial charge in [-0.2, -0.15) is 0 Å². The van der Waals surface area contributed by atoms with Gasteiger partial charge >= 0.3 is 5.97 Å². The molecule has 1 rings (SSSR count). The summed E-state index contributed by atoms with van der Waals surface area (Å²) in [6, 6.07) is 0. The number of aliphatic carboxylic acids is 1. The van der Waals surface area contributed by atoms with Gasteiger partial charge in [0.05, 0.1) is 6.61 Å². The fraction of sp³-hybridized carbons (Fsp3) is 0.889. The molecule has 0 amide bonds. The van der Waals surface area contributed by atoms with E-state index in [0.29, 0.717) is 12.5 Å². The molecule has 1 heterocycles. The average Bonchev–Trinajstić information content (AvgIpc) is 2.03.